The van der Waals surface area contributed by atoms with E-state index in [2.05, 4.69) is 29.4 Å². The monoisotopic (exact) mass is 289 g/mol. The Bertz CT molecular complexity index is 579. The number of rotatable bonds is 7. The maximum atomic E-state index is 5.89. The second-order valence-corrected chi connectivity index (χ2v) is 5.61. The summed E-state index contributed by atoms with van der Waals surface area (Å²) in [4.78, 5) is 0. The molecule has 0 spiro atoms. The number of tetrazole rings is 1. The second kappa shape index (κ2) is 7.06. The highest BCUT2D eigenvalue weighted by Crippen LogP contribution is 2.25. The Morgan fingerprint density at radius 1 is 1.24 bits per heavy atom. The van der Waals surface area contributed by atoms with Crippen LogP contribution in [0.15, 0.2) is 18.2 Å². The summed E-state index contributed by atoms with van der Waals surface area (Å²) in [6, 6.07) is 5.53. The number of hydrogen-bond donors (Lipinski definition) is 1. The van der Waals surface area contributed by atoms with Gasteiger partial charge in [0.25, 0.3) is 0 Å². The minimum atomic E-state index is 0.638. The number of nitrogen functional groups attached to an aromatic ring is 1. The van der Waals surface area contributed by atoms with Crippen LogP contribution >= 0.6 is 0 Å². The molecule has 0 saturated heterocycles. The summed E-state index contributed by atoms with van der Waals surface area (Å²) < 4.78 is 7.07. The van der Waals surface area contributed by atoms with E-state index in [1.54, 1.807) is 13.2 Å². The molecule has 114 valence electrons. The van der Waals surface area contributed by atoms with Gasteiger partial charge in [0.15, 0.2) is 5.82 Å². The van der Waals surface area contributed by atoms with Crippen molar-refractivity contribution in [2.45, 2.75) is 39.7 Å². The predicted molar refractivity (Wildman–Crippen MR) is 82.9 cm³/mol. The molecule has 1 heterocycles. The average molecular weight is 289 g/mol. The first-order chi connectivity index (χ1) is 10.1. The van der Waals surface area contributed by atoms with Gasteiger partial charge in [-0.05, 0) is 34.9 Å². The molecule has 0 aliphatic heterocycles. The molecule has 1 aromatic heterocycles. The summed E-state index contributed by atoms with van der Waals surface area (Å²) in [6.45, 7) is 5.29. The van der Waals surface area contributed by atoms with Crippen LogP contribution in [-0.4, -0.2) is 27.3 Å². The second-order valence-electron chi connectivity index (χ2n) is 5.61. The zero-order valence-electron chi connectivity index (χ0n) is 12.9. The molecule has 2 N–H and O–H groups in total. The van der Waals surface area contributed by atoms with Crippen LogP contribution in [0.25, 0.3) is 11.4 Å². The van der Waals surface area contributed by atoms with E-state index in [9.17, 15) is 0 Å². The van der Waals surface area contributed by atoms with Crippen molar-refractivity contribution in [3.63, 3.8) is 0 Å². The molecule has 0 bridgehead atoms. The average Bonchev–Trinajstić information content (AvgIpc) is 2.91. The molecule has 0 atom stereocenters. The van der Waals surface area contributed by atoms with Gasteiger partial charge in [-0.3, -0.25) is 0 Å². The number of nitrogens with zero attached hydrogens (tertiary/aromatic N) is 4. The largest absolute Gasteiger partial charge is 0.497 e. The van der Waals surface area contributed by atoms with Crippen LogP contribution in [0.2, 0.25) is 0 Å². The van der Waals surface area contributed by atoms with Crippen LogP contribution in [-0.2, 0) is 6.54 Å². The van der Waals surface area contributed by atoms with Gasteiger partial charge in [0.2, 0.25) is 0 Å². The number of aromatic nitrogens is 4. The third kappa shape index (κ3) is 4.18. The van der Waals surface area contributed by atoms with E-state index < -0.39 is 0 Å². The van der Waals surface area contributed by atoms with Gasteiger partial charge in [-0.15, -0.1) is 5.10 Å². The first kappa shape index (κ1) is 15.3. The lowest BCUT2D eigenvalue weighted by Gasteiger charge is -2.08. The van der Waals surface area contributed by atoms with Gasteiger partial charge >= 0.3 is 0 Å². The van der Waals surface area contributed by atoms with Crippen molar-refractivity contribution in [2.75, 3.05) is 12.8 Å². The Morgan fingerprint density at radius 3 is 2.76 bits per heavy atom. The lowest BCUT2D eigenvalue weighted by molar-refractivity contribution is 0.415. The van der Waals surface area contributed by atoms with Crippen molar-refractivity contribution >= 4 is 5.69 Å². The number of methoxy groups -OCH3 is 1. The third-order valence-electron chi connectivity index (χ3n) is 3.36. The summed E-state index contributed by atoms with van der Waals surface area (Å²) in [5, 5.41) is 12.0. The Balaban J connectivity index is 2.11. The lowest BCUT2D eigenvalue weighted by Crippen LogP contribution is -2.04. The van der Waals surface area contributed by atoms with Crippen LogP contribution in [0, 0.1) is 5.92 Å². The molecule has 0 aliphatic carbocycles. The maximum Gasteiger partial charge on any atom is 0.182 e. The van der Waals surface area contributed by atoms with E-state index in [1.165, 1.54) is 12.8 Å². The number of anilines is 1. The molecule has 21 heavy (non-hydrogen) atoms. The number of hydrogen-bond acceptors (Lipinski definition) is 5. The van der Waals surface area contributed by atoms with E-state index in [-0.39, 0.29) is 0 Å². The van der Waals surface area contributed by atoms with E-state index in [0.717, 1.165) is 30.3 Å². The zero-order chi connectivity index (χ0) is 15.2. The fourth-order valence-electron chi connectivity index (χ4n) is 2.25. The summed E-state index contributed by atoms with van der Waals surface area (Å²) in [7, 11) is 1.62. The Morgan fingerprint density at radius 2 is 2.05 bits per heavy atom. The van der Waals surface area contributed by atoms with Crippen LogP contribution in [0.1, 0.15) is 33.1 Å². The van der Waals surface area contributed by atoms with Crippen molar-refractivity contribution in [3.05, 3.63) is 18.2 Å². The highest BCUT2D eigenvalue weighted by atomic mass is 16.5. The summed E-state index contributed by atoms with van der Waals surface area (Å²) in [5.41, 5.74) is 7.40. The molecule has 0 fully saturated rings. The molecule has 6 heteroatoms. The highest BCUT2D eigenvalue weighted by Gasteiger charge is 2.11. The SMILES string of the molecule is COc1cc(N)cc(-c2nnnn2CCCCC(C)C)c1. The van der Waals surface area contributed by atoms with Crippen LogP contribution in [0.5, 0.6) is 5.75 Å². The van der Waals surface area contributed by atoms with Gasteiger partial charge in [0.1, 0.15) is 5.75 Å². The number of ether oxygens (including phenoxy) is 1. The predicted octanol–water partition coefficient (Wildman–Crippen LogP) is 2.76. The summed E-state index contributed by atoms with van der Waals surface area (Å²) in [5.74, 6) is 2.17. The van der Waals surface area contributed by atoms with Crippen molar-refractivity contribution in [2.24, 2.45) is 5.92 Å². The standard InChI is InChI=1S/C15H23N5O/c1-11(2)6-4-5-7-20-15(17-18-19-20)12-8-13(16)10-14(9-12)21-3/h8-11H,4-7,16H2,1-3H3. The van der Waals surface area contributed by atoms with Crippen LogP contribution in [0.3, 0.4) is 0 Å². The van der Waals surface area contributed by atoms with Gasteiger partial charge in [-0.1, -0.05) is 26.7 Å². The molecule has 0 unspecified atom stereocenters. The van der Waals surface area contributed by atoms with Crippen molar-refractivity contribution < 1.29 is 4.74 Å². The summed E-state index contributed by atoms with van der Waals surface area (Å²) >= 11 is 0. The van der Waals surface area contributed by atoms with Gasteiger partial charge in [0.05, 0.1) is 7.11 Å². The van der Waals surface area contributed by atoms with E-state index in [0.29, 0.717) is 11.4 Å². The van der Waals surface area contributed by atoms with Crippen molar-refractivity contribution in [3.8, 4) is 17.1 Å². The topological polar surface area (TPSA) is 78.8 Å². The van der Waals surface area contributed by atoms with Crippen molar-refractivity contribution in [1.29, 1.82) is 0 Å². The Hall–Kier alpha value is -2.11. The van der Waals surface area contributed by atoms with Gasteiger partial charge in [-0.2, -0.15) is 0 Å². The minimum absolute atomic E-state index is 0.638. The molecule has 0 amide bonds. The fourth-order valence-corrected chi connectivity index (χ4v) is 2.25. The molecule has 0 aliphatic rings. The van der Waals surface area contributed by atoms with Crippen LogP contribution < -0.4 is 10.5 Å². The molecule has 2 rings (SSSR count). The first-order valence-corrected chi connectivity index (χ1v) is 7.31. The highest BCUT2D eigenvalue weighted by molar-refractivity contribution is 5.64. The number of unbranched alkanes of at least 4 members (excludes halogenated alkanes) is 1. The molecule has 2 aromatic rings. The van der Waals surface area contributed by atoms with E-state index in [4.69, 9.17) is 10.5 Å². The molecule has 6 nitrogen and oxygen atoms in total. The first-order valence-electron chi connectivity index (χ1n) is 7.31. The molecular weight excluding hydrogens is 266 g/mol. The molecular formula is C15H23N5O. The minimum Gasteiger partial charge on any atom is -0.497 e. The molecule has 0 saturated carbocycles. The number of benzene rings is 1. The lowest BCUT2D eigenvalue weighted by atomic mass is 10.1. The fraction of sp³-hybridized carbons (Fsp3) is 0.533. The van der Waals surface area contributed by atoms with Gasteiger partial charge in [0, 0.05) is 23.9 Å². The van der Waals surface area contributed by atoms with E-state index >= 15 is 0 Å². The normalized spacial score (nSPS) is 11.0. The van der Waals surface area contributed by atoms with Gasteiger partial charge in [-0.25, -0.2) is 4.68 Å². The van der Waals surface area contributed by atoms with E-state index in [1.807, 2.05) is 16.8 Å². The summed E-state index contributed by atoms with van der Waals surface area (Å²) in [6.07, 6.45) is 3.47. The molecule has 1 aromatic carbocycles. The van der Waals surface area contributed by atoms with Crippen LogP contribution in [0.4, 0.5) is 5.69 Å². The smallest absolute Gasteiger partial charge is 0.182 e. The van der Waals surface area contributed by atoms with Crippen molar-refractivity contribution in [1.82, 2.24) is 20.2 Å². The quantitative estimate of drug-likeness (QED) is 0.626. The Labute approximate surface area is 125 Å². The van der Waals surface area contributed by atoms with Gasteiger partial charge < -0.3 is 10.5 Å². The Kier molecular flexibility index (Phi) is 5.14. The zero-order valence-corrected chi connectivity index (χ0v) is 12.9. The number of nitrogens with two attached hydrogens (primary N) is 1. The third-order valence-corrected chi connectivity index (χ3v) is 3.36. The maximum absolute atomic E-state index is 5.89. The molecule has 0 radical (unpaired) electrons. The number of aryl methyl sites for hydroxylation is 1.